The molecule has 154 valence electrons. The van der Waals surface area contributed by atoms with E-state index in [1.54, 1.807) is 24.3 Å². The summed E-state index contributed by atoms with van der Waals surface area (Å²) >= 11 is 0. The van der Waals surface area contributed by atoms with E-state index >= 15 is 0 Å². The van der Waals surface area contributed by atoms with Gasteiger partial charge in [0.2, 0.25) is 11.8 Å². The van der Waals surface area contributed by atoms with Crippen molar-refractivity contribution in [2.45, 2.75) is 31.1 Å². The summed E-state index contributed by atoms with van der Waals surface area (Å²) < 4.78 is 43.9. The Hall–Kier alpha value is -3.03. The number of benzene rings is 2. The molecule has 0 radical (unpaired) electrons. The van der Waals surface area contributed by atoms with Crippen LogP contribution in [0.15, 0.2) is 54.6 Å². The molecule has 2 aromatic carbocycles. The molecule has 0 spiro atoms. The van der Waals surface area contributed by atoms with E-state index in [1.165, 1.54) is 7.11 Å². The minimum absolute atomic E-state index is 0.171. The number of hydrogen-bond donors (Lipinski definition) is 2. The van der Waals surface area contributed by atoms with Crippen LogP contribution in [-0.2, 0) is 9.59 Å². The Morgan fingerprint density at radius 3 is 2.38 bits per heavy atom. The van der Waals surface area contributed by atoms with Gasteiger partial charge in [-0.2, -0.15) is 13.2 Å². The summed E-state index contributed by atoms with van der Waals surface area (Å²) in [4.78, 5) is 25.0. The molecule has 3 rings (SSSR count). The molecule has 0 bridgehead atoms. The van der Waals surface area contributed by atoms with Crippen LogP contribution in [0.25, 0.3) is 0 Å². The van der Waals surface area contributed by atoms with Crippen LogP contribution in [0, 0.1) is 5.92 Å². The second-order valence-corrected chi connectivity index (χ2v) is 6.83. The Kier molecular flexibility index (Phi) is 6.10. The lowest BCUT2D eigenvalue weighted by atomic mass is 9.91. The van der Waals surface area contributed by atoms with E-state index < -0.39 is 36.0 Å². The third kappa shape index (κ3) is 4.70. The highest BCUT2D eigenvalue weighted by molar-refractivity contribution is 6.01. The van der Waals surface area contributed by atoms with E-state index in [9.17, 15) is 22.8 Å². The molecule has 0 aliphatic carbocycles. The van der Waals surface area contributed by atoms with Gasteiger partial charge in [-0.3, -0.25) is 9.59 Å². The van der Waals surface area contributed by atoms with E-state index in [0.717, 1.165) is 5.56 Å². The van der Waals surface area contributed by atoms with Crippen LogP contribution in [0.3, 0.4) is 0 Å². The van der Waals surface area contributed by atoms with Crippen molar-refractivity contribution in [1.29, 1.82) is 0 Å². The number of methoxy groups -OCH3 is 1. The average Bonchev–Trinajstić information content (AvgIpc) is 2.71. The van der Waals surface area contributed by atoms with Crippen LogP contribution in [0.2, 0.25) is 0 Å². The normalized spacial score (nSPS) is 20.5. The first-order chi connectivity index (χ1) is 13.8. The van der Waals surface area contributed by atoms with Crippen LogP contribution >= 0.6 is 0 Å². The number of alkyl halides is 3. The van der Waals surface area contributed by atoms with Crippen LogP contribution in [-0.4, -0.2) is 31.1 Å². The van der Waals surface area contributed by atoms with E-state index in [2.05, 4.69) is 5.32 Å². The van der Waals surface area contributed by atoms with Gasteiger partial charge < -0.3 is 15.4 Å². The molecule has 29 heavy (non-hydrogen) atoms. The first-order valence-electron chi connectivity index (χ1n) is 9.16. The van der Waals surface area contributed by atoms with Gasteiger partial charge in [-0.05, 0) is 24.5 Å². The van der Waals surface area contributed by atoms with E-state index in [1.807, 2.05) is 35.6 Å². The maximum Gasteiger partial charge on any atom is 0.408 e. The molecule has 1 aliphatic rings. The van der Waals surface area contributed by atoms with Crippen LogP contribution in [0.1, 0.15) is 30.0 Å². The Bertz CT molecular complexity index is 871. The largest absolute Gasteiger partial charge is 0.496 e. The predicted molar refractivity (Wildman–Crippen MR) is 100 cm³/mol. The summed E-state index contributed by atoms with van der Waals surface area (Å²) in [6, 6.07) is 13.7. The molecule has 8 heteroatoms. The number of hydrogen-bond acceptors (Lipinski definition) is 3. The number of para-hydroxylation sites is 1. The number of carbonyl (C=O) groups excluding carboxylic acids is 2. The maximum absolute atomic E-state index is 12.8. The fourth-order valence-corrected chi connectivity index (χ4v) is 3.44. The van der Waals surface area contributed by atoms with Gasteiger partial charge in [-0.15, -0.1) is 0 Å². The fourth-order valence-electron chi connectivity index (χ4n) is 3.44. The van der Waals surface area contributed by atoms with Crippen molar-refractivity contribution in [1.82, 2.24) is 10.6 Å². The Balaban J connectivity index is 1.84. The molecule has 0 aromatic heterocycles. The molecule has 3 unspecified atom stereocenters. The molecule has 2 amide bonds. The summed E-state index contributed by atoms with van der Waals surface area (Å²) in [6.45, 7) is 0. The van der Waals surface area contributed by atoms with Gasteiger partial charge in [-0.25, -0.2) is 0 Å². The molecular formula is C21H21F3N2O3. The zero-order chi connectivity index (χ0) is 21.0. The number of rotatable bonds is 5. The third-order valence-corrected chi connectivity index (χ3v) is 4.96. The smallest absolute Gasteiger partial charge is 0.408 e. The second-order valence-electron chi connectivity index (χ2n) is 6.83. The Morgan fingerprint density at radius 2 is 1.76 bits per heavy atom. The average molecular weight is 406 g/mol. The second kappa shape index (κ2) is 8.55. The van der Waals surface area contributed by atoms with Gasteiger partial charge in [0, 0.05) is 5.56 Å². The zero-order valence-electron chi connectivity index (χ0n) is 15.7. The van der Waals surface area contributed by atoms with Crippen molar-refractivity contribution >= 4 is 11.8 Å². The van der Waals surface area contributed by atoms with Crippen LogP contribution in [0.4, 0.5) is 13.2 Å². The highest BCUT2D eigenvalue weighted by atomic mass is 19.4. The lowest BCUT2D eigenvalue weighted by molar-refractivity contribution is -0.171. The Morgan fingerprint density at radius 1 is 1.10 bits per heavy atom. The quantitative estimate of drug-likeness (QED) is 0.749. The van der Waals surface area contributed by atoms with Gasteiger partial charge in [0.05, 0.1) is 13.2 Å². The molecule has 2 aromatic rings. The minimum atomic E-state index is -4.53. The summed E-state index contributed by atoms with van der Waals surface area (Å²) in [6.07, 6.45) is -5.03. The number of carbonyl (C=O) groups is 2. The van der Waals surface area contributed by atoms with Crippen LogP contribution in [0.5, 0.6) is 5.75 Å². The third-order valence-electron chi connectivity index (χ3n) is 4.96. The molecule has 0 saturated carbocycles. The predicted octanol–water partition coefficient (Wildman–Crippen LogP) is 3.36. The standard InChI is InChI=1S/C21H21F3N2O3/c1-29-16-10-6-5-9-14(16)18(13-7-3-2-4-8-13)26-20(28)15-11-12-17(21(22,23)24)25-19(15)27/h2-10,15,17-18H,11-12H2,1H3,(H,25,27)(H,26,28). The van der Waals surface area contributed by atoms with E-state index in [4.69, 9.17) is 4.74 Å². The molecule has 1 aliphatic heterocycles. The van der Waals surface area contributed by atoms with E-state index in [-0.39, 0.29) is 12.8 Å². The molecule has 1 heterocycles. The van der Waals surface area contributed by atoms with Gasteiger partial charge >= 0.3 is 6.18 Å². The minimum Gasteiger partial charge on any atom is -0.496 e. The molecule has 1 fully saturated rings. The maximum atomic E-state index is 12.8. The van der Waals surface area contributed by atoms with Crippen molar-refractivity contribution in [3.63, 3.8) is 0 Å². The zero-order valence-corrected chi connectivity index (χ0v) is 15.7. The van der Waals surface area contributed by atoms with Gasteiger partial charge in [0.1, 0.15) is 17.7 Å². The van der Waals surface area contributed by atoms with Gasteiger partial charge in [0.15, 0.2) is 0 Å². The highest BCUT2D eigenvalue weighted by Gasteiger charge is 2.46. The lowest BCUT2D eigenvalue weighted by Gasteiger charge is -2.31. The van der Waals surface area contributed by atoms with Crippen molar-refractivity contribution in [3.05, 3.63) is 65.7 Å². The summed E-state index contributed by atoms with van der Waals surface area (Å²) in [7, 11) is 1.51. The lowest BCUT2D eigenvalue weighted by Crippen LogP contribution is -2.54. The summed E-state index contributed by atoms with van der Waals surface area (Å²) in [5.74, 6) is -2.17. The summed E-state index contributed by atoms with van der Waals surface area (Å²) in [5, 5.41) is 4.73. The number of amides is 2. The van der Waals surface area contributed by atoms with Crippen molar-refractivity contribution in [2.24, 2.45) is 5.92 Å². The first-order valence-corrected chi connectivity index (χ1v) is 9.16. The molecule has 3 atom stereocenters. The van der Waals surface area contributed by atoms with Crippen molar-refractivity contribution in [3.8, 4) is 5.75 Å². The monoisotopic (exact) mass is 406 g/mol. The number of piperidine rings is 1. The first kappa shape index (κ1) is 20.7. The van der Waals surface area contributed by atoms with E-state index in [0.29, 0.717) is 11.3 Å². The topological polar surface area (TPSA) is 67.4 Å². The summed E-state index contributed by atoms with van der Waals surface area (Å²) in [5.41, 5.74) is 1.44. The molecule has 2 N–H and O–H groups in total. The van der Waals surface area contributed by atoms with Gasteiger partial charge in [0.25, 0.3) is 0 Å². The van der Waals surface area contributed by atoms with Crippen molar-refractivity contribution in [2.75, 3.05) is 7.11 Å². The number of ether oxygens (including phenoxy) is 1. The SMILES string of the molecule is COc1ccccc1C(NC(=O)C1CCC(C(F)(F)F)NC1=O)c1ccccc1. The van der Waals surface area contributed by atoms with Crippen LogP contribution < -0.4 is 15.4 Å². The Labute approximate surface area is 166 Å². The molecule has 5 nitrogen and oxygen atoms in total. The fraction of sp³-hybridized carbons (Fsp3) is 0.333. The highest BCUT2D eigenvalue weighted by Crippen LogP contribution is 2.32. The van der Waals surface area contributed by atoms with Gasteiger partial charge in [-0.1, -0.05) is 48.5 Å². The van der Waals surface area contributed by atoms with Crippen molar-refractivity contribution < 1.29 is 27.5 Å². The molecular weight excluding hydrogens is 385 g/mol. The number of nitrogens with one attached hydrogen (secondary N) is 2. The number of halogens is 3. The molecule has 1 saturated heterocycles.